The smallest absolute Gasteiger partial charge is 0.340 e. The van der Waals surface area contributed by atoms with Gasteiger partial charge in [0.25, 0.3) is 11.4 Å². The number of rotatable bonds is 12. The largest absolute Gasteiger partial charge is 0.508 e. The number of aryl methyl sites for hydroxylation is 1. The van der Waals surface area contributed by atoms with E-state index in [-0.39, 0.29) is 23.0 Å². The number of carbonyl (C=O) groups is 1. The molecule has 6 atom stereocenters. The second-order valence-corrected chi connectivity index (χ2v) is 16.5. The maximum absolute atomic E-state index is 13.6. The number of fused-ring (bicyclic) bond motifs is 5. The number of aliphatic hydroxyl groups is 1. The molecular formula is C49H50N4O11. The first-order valence-corrected chi connectivity index (χ1v) is 21.3. The Hall–Kier alpha value is -7.13. The number of aliphatic hydroxyl groups excluding tert-OH is 1. The van der Waals surface area contributed by atoms with E-state index in [1.54, 1.807) is 78.9 Å². The van der Waals surface area contributed by atoms with E-state index in [4.69, 9.17) is 14.3 Å². The van der Waals surface area contributed by atoms with Crippen LogP contribution in [0.15, 0.2) is 126 Å². The van der Waals surface area contributed by atoms with Crippen LogP contribution >= 0.6 is 0 Å². The summed E-state index contributed by atoms with van der Waals surface area (Å²) < 4.78 is 10.9. The number of phenolic OH excluding ortho intramolecular Hbond substituents is 1. The number of aromatic hydroxyl groups is 1. The van der Waals surface area contributed by atoms with E-state index < -0.39 is 33.3 Å². The number of oxime groups is 2. The van der Waals surface area contributed by atoms with E-state index in [2.05, 4.69) is 17.2 Å². The highest BCUT2D eigenvalue weighted by atomic mass is 16.7. The zero-order valence-corrected chi connectivity index (χ0v) is 35.7. The zero-order valence-electron chi connectivity index (χ0n) is 35.7. The summed E-state index contributed by atoms with van der Waals surface area (Å²) in [5.74, 6) is 1.24. The minimum Gasteiger partial charge on any atom is -0.508 e. The van der Waals surface area contributed by atoms with Crippen molar-refractivity contribution >= 4 is 28.8 Å². The Kier molecular flexibility index (Phi) is 13.7. The van der Waals surface area contributed by atoms with Gasteiger partial charge in [-0.25, -0.2) is 4.79 Å². The molecule has 0 spiro atoms. The Morgan fingerprint density at radius 1 is 0.750 bits per heavy atom. The Bertz CT molecular complexity index is 2530. The van der Waals surface area contributed by atoms with Crippen molar-refractivity contribution in [1.82, 2.24) is 0 Å². The van der Waals surface area contributed by atoms with Gasteiger partial charge in [-0.1, -0.05) is 23.3 Å². The summed E-state index contributed by atoms with van der Waals surface area (Å²) in [6.07, 6.45) is 3.22. The maximum atomic E-state index is 13.6. The average molecular weight is 871 g/mol. The van der Waals surface area contributed by atoms with Crippen LogP contribution in [-0.2, 0) is 16.1 Å². The van der Waals surface area contributed by atoms with Crippen LogP contribution < -0.4 is 9.47 Å². The molecule has 0 bridgehead atoms. The number of ether oxygens (including phenoxy) is 2. The zero-order chi connectivity index (χ0) is 45.5. The van der Waals surface area contributed by atoms with E-state index >= 15 is 0 Å². The standard InChI is InChI=1S/C34H36N2O7.C15H14N2O4/c1-3-42-25-12-6-21(7-13-25)31(20-4-9-23(10-5-20)36(40)41)35-43-33(39)29-19-30-28-14-8-22-18-24(37)11-15-26(22)27(28)16-17-34(30,2)32(29)38;1-2-21-14-9-5-12(6-10-14)15(16-18)11-3-7-13(8-4-11)17(19)20/h4-7,9-13,15,18,27-30,32,37-38H,3,8,14,16-17,19H2,1-2H3;3-10,18H,2H2,1H3/b35-31+;16-15+/t27?,28?,29?,30?,32-,34-;/m0./s1. The summed E-state index contributed by atoms with van der Waals surface area (Å²) >= 11 is 0. The van der Waals surface area contributed by atoms with Crippen molar-refractivity contribution in [2.45, 2.75) is 64.9 Å². The van der Waals surface area contributed by atoms with Gasteiger partial charge in [-0.3, -0.25) is 20.2 Å². The Labute approximate surface area is 369 Å². The van der Waals surface area contributed by atoms with Crippen molar-refractivity contribution in [2.24, 2.45) is 33.5 Å². The van der Waals surface area contributed by atoms with E-state index in [9.17, 15) is 40.4 Å². The number of nitro groups is 2. The highest BCUT2D eigenvalue weighted by molar-refractivity contribution is 6.13. The molecule has 4 unspecified atom stereocenters. The molecule has 15 nitrogen and oxygen atoms in total. The Balaban J connectivity index is 0.000000245. The summed E-state index contributed by atoms with van der Waals surface area (Å²) in [6, 6.07) is 31.6. The number of phenols is 1. The SMILES string of the molecule is CCOc1ccc(/C(=N/O)c2ccc([N+](=O)[O-])cc2)cc1.CCOc1ccc(/C(=N/OC(=O)C2CC3C4CCc5cc(O)ccc5C4CC[C@]3(C)[C@H]2O)c2ccc([N+](=O)[O-])cc2)cc1. The highest BCUT2D eigenvalue weighted by Crippen LogP contribution is 2.62. The molecule has 3 aliphatic carbocycles. The van der Waals surface area contributed by atoms with Gasteiger partial charge in [0.1, 0.15) is 28.7 Å². The van der Waals surface area contributed by atoms with Crippen molar-refractivity contribution < 1.29 is 44.4 Å². The van der Waals surface area contributed by atoms with Gasteiger partial charge in [0, 0.05) is 46.5 Å². The molecule has 64 heavy (non-hydrogen) atoms. The van der Waals surface area contributed by atoms with Gasteiger partial charge in [-0.15, -0.1) is 0 Å². The molecule has 5 aromatic carbocycles. The molecule has 0 aromatic heterocycles. The summed E-state index contributed by atoms with van der Waals surface area (Å²) in [7, 11) is 0. The average Bonchev–Trinajstić information content (AvgIpc) is 3.58. The summed E-state index contributed by atoms with van der Waals surface area (Å²) in [5.41, 5.74) is 5.16. The molecule has 2 fully saturated rings. The lowest BCUT2D eigenvalue weighted by Gasteiger charge is -2.50. The highest BCUT2D eigenvalue weighted by Gasteiger charge is 2.60. The lowest BCUT2D eigenvalue weighted by Crippen LogP contribution is -2.44. The molecule has 5 aromatic rings. The Morgan fingerprint density at radius 2 is 1.25 bits per heavy atom. The maximum Gasteiger partial charge on any atom is 0.340 e. The fourth-order valence-corrected chi connectivity index (χ4v) is 9.76. The van der Waals surface area contributed by atoms with Gasteiger partial charge in [0.2, 0.25) is 0 Å². The summed E-state index contributed by atoms with van der Waals surface area (Å²) in [6.45, 7) is 6.98. The molecule has 3 aliphatic rings. The van der Waals surface area contributed by atoms with Crippen molar-refractivity contribution in [2.75, 3.05) is 13.2 Å². The molecule has 3 N–H and O–H groups in total. The lowest BCUT2D eigenvalue weighted by molar-refractivity contribution is -0.385. The minimum absolute atomic E-state index is 0.0114. The van der Waals surface area contributed by atoms with Gasteiger partial charge in [0.05, 0.1) is 35.1 Å². The first-order valence-electron chi connectivity index (χ1n) is 21.3. The molecule has 8 rings (SSSR count). The molecule has 2 saturated carbocycles. The van der Waals surface area contributed by atoms with Crippen LogP contribution in [-0.4, -0.2) is 62.0 Å². The molecule has 0 aliphatic heterocycles. The predicted molar refractivity (Wildman–Crippen MR) is 238 cm³/mol. The van der Waals surface area contributed by atoms with Gasteiger partial charge < -0.3 is 29.7 Å². The number of non-ortho nitro benzene ring substituents is 2. The van der Waals surface area contributed by atoms with Crippen molar-refractivity contribution in [1.29, 1.82) is 0 Å². The van der Waals surface area contributed by atoms with Gasteiger partial charge in [-0.05, 0) is 165 Å². The van der Waals surface area contributed by atoms with Crippen LogP contribution in [0.3, 0.4) is 0 Å². The first kappa shape index (κ1) is 44.9. The van der Waals surface area contributed by atoms with E-state index in [1.807, 2.05) is 26.0 Å². The predicted octanol–water partition coefficient (Wildman–Crippen LogP) is 9.36. The van der Waals surface area contributed by atoms with Crippen LogP contribution in [0.5, 0.6) is 17.2 Å². The van der Waals surface area contributed by atoms with E-state index in [0.29, 0.717) is 70.9 Å². The van der Waals surface area contributed by atoms with Gasteiger partial charge >= 0.3 is 5.97 Å². The van der Waals surface area contributed by atoms with Crippen molar-refractivity contribution in [3.63, 3.8) is 0 Å². The number of benzene rings is 5. The Morgan fingerprint density at radius 3 is 1.73 bits per heavy atom. The fraction of sp³-hybridized carbons (Fsp3) is 0.327. The summed E-state index contributed by atoms with van der Waals surface area (Å²) in [4.78, 5) is 40.0. The number of nitro benzene ring substituents is 2. The van der Waals surface area contributed by atoms with Crippen LogP contribution in [0.2, 0.25) is 0 Å². The van der Waals surface area contributed by atoms with Crippen LogP contribution in [0.25, 0.3) is 0 Å². The van der Waals surface area contributed by atoms with E-state index in [1.165, 1.54) is 35.4 Å². The third-order valence-electron chi connectivity index (χ3n) is 12.9. The first-order chi connectivity index (χ1) is 30.8. The second-order valence-electron chi connectivity index (χ2n) is 16.5. The fourth-order valence-electron chi connectivity index (χ4n) is 9.76. The van der Waals surface area contributed by atoms with Crippen molar-refractivity contribution in [3.05, 3.63) is 169 Å². The van der Waals surface area contributed by atoms with Crippen LogP contribution in [0, 0.1) is 43.4 Å². The molecule has 0 saturated heterocycles. The molecule has 332 valence electrons. The topological polar surface area (TPSA) is 216 Å². The quantitative estimate of drug-likeness (QED) is 0.0353. The molecule has 0 radical (unpaired) electrons. The number of hydrogen-bond acceptors (Lipinski definition) is 13. The summed E-state index contributed by atoms with van der Waals surface area (Å²) in [5, 5.41) is 60.1. The van der Waals surface area contributed by atoms with Crippen LogP contribution in [0.1, 0.15) is 85.8 Å². The van der Waals surface area contributed by atoms with Gasteiger partial charge in [0.15, 0.2) is 0 Å². The normalized spacial score (nSPS) is 22.4. The molecule has 0 amide bonds. The third-order valence-corrected chi connectivity index (χ3v) is 12.9. The number of nitrogens with zero attached hydrogens (tertiary/aromatic N) is 4. The minimum atomic E-state index is -0.851. The molecule has 15 heteroatoms. The number of carbonyl (C=O) groups excluding carboxylic acids is 1. The van der Waals surface area contributed by atoms with Gasteiger partial charge in [-0.2, -0.15) is 0 Å². The van der Waals surface area contributed by atoms with Crippen LogP contribution in [0.4, 0.5) is 11.4 Å². The monoisotopic (exact) mass is 870 g/mol. The number of hydrogen-bond donors (Lipinski definition) is 3. The lowest BCUT2D eigenvalue weighted by atomic mass is 9.55. The third kappa shape index (κ3) is 9.44. The van der Waals surface area contributed by atoms with Crippen molar-refractivity contribution in [3.8, 4) is 17.2 Å². The molecule has 0 heterocycles. The van der Waals surface area contributed by atoms with E-state index in [0.717, 1.165) is 31.4 Å². The second kappa shape index (κ2) is 19.5. The molecular weight excluding hydrogens is 821 g/mol.